The molecule has 2 rings (SSSR count). The molecule has 0 radical (unpaired) electrons. The molecule has 6 nitrogen and oxygen atoms in total. The van der Waals surface area contributed by atoms with E-state index in [-0.39, 0.29) is 11.8 Å². The quantitative estimate of drug-likeness (QED) is 0.598. The molecule has 1 aromatic rings. The number of halogens is 1. The molecule has 2 heterocycles. The summed E-state index contributed by atoms with van der Waals surface area (Å²) in [5.74, 6) is 4.66. The summed E-state index contributed by atoms with van der Waals surface area (Å²) in [7, 11) is 0. The highest BCUT2D eigenvalue weighted by atomic mass is 19.1. The third kappa shape index (κ3) is 3.51. The largest absolute Gasteiger partial charge is 0.474 e. The molecule has 0 aromatic carbocycles. The number of piperidine rings is 1. The smallest absolute Gasteiger partial charge is 0.255 e. The lowest BCUT2D eigenvalue weighted by Gasteiger charge is -2.26. The average Bonchev–Trinajstić information content (AvgIpc) is 2.42. The fourth-order valence-corrected chi connectivity index (χ4v) is 1.98. The predicted molar refractivity (Wildman–Crippen MR) is 65.6 cm³/mol. The molecule has 0 atom stereocenters. The topological polar surface area (TPSA) is 76.3 Å². The van der Waals surface area contributed by atoms with Crippen molar-refractivity contribution in [3.63, 3.8) is 0 Å². The van der Waals surface area contributed by atoms with E-state index in [2.05, 4.69) is 20.3 Å². The molecular weight excluding hydrogens is 237 g/mol. The molecule has 18 heavy (non-hydrogen) atoms. The number of hydrogen-bond donors (Lipinski definition) is 2. The number of nitrogens with two attached hydrogens (primary N) is 1. The lowest BCUT2D eigenvalue weighted by molar-refractivity contribution is 0.177. The van der Waals surface area contributed by atoms with Gasteiger partial charge in [0.1, 0.15) is 6.61 Å². The number of likely N-dealkylation sites (tertiary alicyclic amines) is 1. The van der Waals surface area contributed by atoms with E-state index in [1.165, 1.54) is 19.3 Å². The van der Waals surface area contributed by atoms with Crippen LogP contribution in [-0.4, -0.2) is 41.1 Å². The van der Waals surface area contributed by atoms with E-state index in [9.17, 15) is 4.39 Å². The van der Waals surface area contributed by atoms with Gasteiger partial charge < -0.3 is 4.74 Å². The van der Waals surface area contributed by atoms with Gasteiger partial charge in [-0.05, 0) is 25.9 Å². The number of ether oxygens (including phenoxy) is 1. The number of hydrazine groups is 1. The maximum absolute atomic E-state index is 13.3. The van der Waals surface area contributed by atoms with Crippen molar-refractivity contribution in [3.8, 4) is 5.88 Å². The van der Waals surface area contributed by atoms with Gasteiger partial charge in [-0.2, -0.15) is 9.37 Å². The van der Waals surface area contributed by atoms with Gasteiger partial charge in [0.25, 0.3) is 5.88 Å². The third-order valence-corrected chi connectivity index (χ3v) is 2.94. The maximum Gasteiger partial charge on any atom is 0.255 e. The minimum Gasteiger partial charge on any atom is -0.474 e. The maximum atomic E-state index is 13.3. The van der Waals surface area contributed by atoms with Crippen molar-refractivity contribution < 1.29 is 9.13 Å². The lowest BCUT2D eigenvalue weighted by atomic mass is 10.1. The predicted octanol–water partition coefficient (Wildman–Crippen LogP) is 0.766. The van der Waals surface area contributed by atoms with Gasteiger partial charge in [-0.15, -0.1) is 0 Å². The van der Waals surface area contributed by atoms with Crippen LogP contribution in [0.1, 0.15) is 19.3 Å². The average molecular weight is 255 g/mol. The zero-order valence-electron chi connectivity index (χ0n) is 10.2. The van der Waals surface area contributed by atoms with E-state index in [0.29, 0.717) is 6.61 Å². The highest BCUT2D eigenvalue weighted by molar-refractivity contribution is 5.26. The molecule has 0 saturated carbocycles. The van der Waals surface area contributed by atoms with Crippen molar-refractivity contribution in [1.29, 1.82) is 0 Å². The number of anilines is 1. The molecule has 1 fully saturated rings. The standard InChI is InChI=1S/C11H18FN5O/c12-9-8-14-11(16-13)15-10(9)18-7-6-17-4-2-1-3-5-17/h8H,1-7,13H2,(H,14,15,16). The SMILES string of the molecule is NNc1ncc(F)c(OCCN2CCCCC2)n1. The molecular formula is C11H18FN5O. The van der Waals surface area contributed by atoms with Crippen molar-refractivity contribution in [1.82, 2.24) is 14.9 Å². The van der Waals surface area contributed by atoms with Crippen LogP contribution in [0.3, 0.4) is 0 Å². The molecule has 3 N–H and O–H groups in total. The molecule has 1 aromatic heterocycles. The van der Waals surface area contributed by atoms with Crippen molar-refractivity contribution in [3.05, 3.63) is 12.0 Å². The van der Waals surface area contributed by atoms with Gasteiger partial charge in [0.05, 0.1) is 6.20 Å². The molecule has 7 heteroatoms. The number of hydrogen-bond acceptors (Lipinski definition) is 6. The second kappa shape index (κ2) is 6.46. The van der Waals surface area contributed by atoms with E-state index in [1.54, 1.807) is 0 Å². The summed E-state index contributed by atoms with van der Waals surface area (Å²) in [5.41, 5.74) is 2.26. The van der Waals surface area contributed by atoms with Crippen LogP contribution >= 0.6 is 0 Å². The summed E-state index contributed by atoms with van der Waals surface area (Å²) >= 11 is 0. The van der Waals surface area contributed by atoms with Crippen molar-refractivity contribution in [2.24, 2.45) is 5.84 Å². The van der Waals surface area contributed by atoms with Crippen LogP contribution in [-0.2, 0) is 0 Å². The van der Waals surface area contributed by atoms with Crippen LogP contribution in [0, 0.1) is 5.82 Å². The highest BCUT2D eigenvalue weighted by Gasteiger charge is 2.11. The van der Waals surface area contributed by atoms with E-state index in [0.717, 1.165) is 25.8 Å². The highest BCUT2D eigenvalue weighted by Crippen LogP contribution is 2.14. The van der Waals surface area contributed by atoms with Gasteiger partial charge in [-0.25, -0.2) is 10.8 Å². The van der Waals surface area contributed by atoms with Crippen molar-refractivity contribution >= 4 is 5.95 Å². The van der Waals surface area contributed by atoms with Crippen LogP contribution in [0.4, 0.5) is 10.3 Å². The van der Waals surface area contributed by atoms with Crippen molar-refractivity contribution in [2.75, 3.05) is 31.7 Å². The fourth-order valence-electron chi connectivity index (χ4n) is 1.98. The Morgan fingerprint density at radius 1 is 1.39 bits per heavy atom. The first-order valence-electron chi connectivity index (χ1n) is 6.14. The minimum absolute atomic E-state index is 0.0602. The van der Waals surface area contributed by atoms with Gasteiger partial charge >= 0.3 is 0 Å². The van der Waals surface area contributed by atoms with E-state index >= 15 is 0 Å². The molecule has 0 unspecified atom stereocenters. The monoisotopic (exact) mass is 255 g/mol. The number of rotatable bonds is 5. The third-order valence-electron chi connectivity index (χ3n) is 2.94. The molecule has 0 aliphatic carbocycles. The van der Waals surface area contributed by atoms with Gasteiger partial charge in [0.15, 0.2) is 0 Å². The summed E-state index contributed by atoms with van der Waals surface area (Å²) in [4.78, 5) is 9.76. The van der Waals surface area contributed by atoms with E-state index in [4.69, 9.17) is 10.6 Å². The van der Waals surface area contributed by atoms with Crippen LogP contribution < -0.4 is 16.0 Å². The Morgan fingerprint density at radius 3 is 2.89 bits per heavy atom. The Labute approximate surface area is 105 Å². The van der Waals surface area contributed by atoms with Gasteiger partial charge in [-0.3, -0.25) is 10.3 Å². The number of nitrogens with one attached hydrogen (secondary N) is 1. The first-order valence-corrected chi connectivity index (χ1v) is 6.14. The summed E-state index contributed by atoms with van der Waals surface area (Å²) in [6.07, 6.45) is 4.79. The van der Waals surface area contributed by atoms with Crippen LogP contribution in [0.2, 0.25) is 0 Å². The van der Waals surface area contributed by atoms with Crippen LogP contribution in [0.15, 0.2) is 6.20 Å². The summed E-state index contributed by atoms with van der Waals surface area (Å²) in [6, 6.07) is 0. The Kier molecular flexibility index (Phi) is 4.66. The van der Waals surface area contributed by atoms with Gasteiger partial charge in [0, 0.05) is 6.54 Å². The number of nitrogen functional groups attached to an aromatic ring is 1. The summed E-state index contributed by atoms with van der Waals surface area (Å²) in [6.45, 7) is 3.38. The lowest BCUT2D eigenvalue weighted by Crippen LogP contribution is -2.33. The first kappa shape index (κ1) is 13.0. The van der Waals surface area contributed by atoms with E-state index in [1.807, 2.05) is 0 Å². The Bertz CT molecular complexity index is 384. The summed E-state index contributed by atoms with van der Waals surface area (Å²) in [5, 5.41) is 0. The van der Waals surface area contributed by atoms with Crippen LogP contribution in [0.25, 0.3) is 0 Å². The zero-order chi connectivity index (χ0) is 12.8. The Hall–Kier alpha value is -1.47. The van der Waals surface area contributed by atoms with E-state index < -0.39 is 5.82 Å². The van der Waals surface area contributed by atoms with Crippen LogP contribution in [0.5, 0.6) is 5.88 Å². The fraction of sp³-hybridized carbons (Fsp3) is 0.636. The molecule has 0 spiro atoms. The molecule has 100 valence electrons. The second-order valence-electron chi connectivity index (χ2n) is 4.24. The Morgan fingerprint density at radius 2 is 2.17 bits per heavy atom. The molecule has 0 bridgehead atoms. The minimum atomic E-state index is -0.576. The Balaban J connectivity index is 1.81. The van der Waals surface area contributed by atoms with Gasteiger partial charge in [-0.1, -0.05) is 6.42 Å². The van der Waals surface area contributed by atoms with Gasteiger partial charge in [0.2, 0.25) is 11.8 Å². The zero-order valence-corrected chi connectivity index (χ0v) is 10.2. The number of nitrogens with zero attached hydrogens (tertiary/aromatic N) is 3. The molecule has 1 aliphatic rings. The second-order valence-corrected chi connectivity index (χ2v) is 4.24. The summed E-state index contributed by atoms with van der Waals surface area (Å²) < 4.78 is 18.7. The first-order chi connectivity index (χ1) is 8.79. The molecule has 1 aliphatic heterocycles. The molecule has 1 saturated heterocycles. The normalized spacial score (nSPS) is 16.6. The molecule has 0 amide bonds. The number of aromatic nitrogens is 2. The van der Waals surface area contributed by atoms with Crippen molar-refractivity contribution in [2.45, 2.75) is 19.3 Å².